The molecule has 4 heteroatoms. The summed E-state index contributed by atoms with van der Waals surface area (Å²) in [6, 6.07) is 6.52. The van der Waals surface area contributed by atoms with Crippen LogP contribution in [0.3, 0.4) is 0 Å². The third kappa shape index (κ3) is 4.59. The molecule has 0 N–H and O–H groups in total. The first-order valence-corrected chi connectivity index (χ1v) is 7.65. The Morgan fingerprint density at radius 2 is 1.71 bits per heavy atom. The van der Waals surface area contributed by atoms with Gasteiger partial charge in [-0.05, 0) is 43.4 Å². The van der Waals surface area contributed by atoms with Crippen LogP contribution < -0.4 is 0 Å². The van der Waals surface area contributed by atoms with Crippen molar-refractivity contribution in [2.45, 2.75) is 39.0 Å². The fraction of sp³-hybridized carbons (Fsp3) is 0.529. The highest BCUT2D eigenvalue weighted by atomic mass is 16.5. The summed E-state index contributed by atoms with van der Waals surface area (Å²) >= 11 is 0. The number of hydrogen-bond acceptors (Lipinski definition) is 4. The van der Waals surface area contributed by atoms with E-state index in [1.54, 1.807) is 18.2 Å². The molecule has 0 bridgehead atoms. The average molecular weight is 290 g/mol. The highest BCUT2D eigenvalue weighted by molar-refractivity contribution is 5.95. The predicted molar refractivity (Wildman–Crippen MR) is 79.3 cm³/mol. The van der Waals surface area contributed by atoms with Crippen molar-refractivity contribution in [1.82, 2.24) is 0 Å². The van der Waals surface area contributed by atoms with E-state index < -0.39 is 5.97 Å². The second kappa shape index (κ2) is 7.81. The molecule has 0 atom stereocenters. The zero-order chi connectivity index (χ0) is 15.1. The van der Waals surface area contributed by atoms with E-state index in [1.165, 1.54) is 18.9 Å². The molecule has 0 saturated heterocycles. The Labute approximate surface area is 125 Å². The third-order valence-corrected chi connectivity index (χ3v) is 3.70. The summed E-state index contributed by atoms with van der Waals surface area (Å²) in [5.74, 6) is -0.277. The fourth-order valence-electron chi connectivity index (χ4n) is 2.51. The highest BCUT2D eigenvalue weighted by Crippen LogP contribution is 2.25. The van der Waals surface area contributed by atoms with Gasteiger partial charge in [0.25, 0.3) is 0 Å². The second-order valence-electron chi connectivity index (χ2n) is 5.47. The predicted octanol–water partition coefficient (Wildman–Crippen LogP) is 3.60. The minimum Gasteiger partial charge on any atom is -0.462 e. The molecule has 114 valence electrons. The van der Waals surface area contributed by atoms with Gasteiger partial charge in [0.2, 0.25) is 0 Å². The van der Waals surface area contributed by atoms with Crippen molar-refractivity contribution in [3.05, 3.63) is 35.4 Å². The molecule has 1 aromatic rings. The van der Waals surface area contributed by atoms with Crippen molar-refractivity contribution in [1.29, 1.82) is 0 Å². The molecule has 0 aromatic heterocycles. The maximum absolute atomic E-state index is 12.0. The van der Waals surface area contributed by atoms with Crippen LogP contribution in [0.5, 0.6) is 0 Å². The molecule has 0 heterocycles. The maximum Gasteiger partial charge on any atom is 0.338 e. The van der Waals surface area contributed by atoms with Crippen LogP contribution in [0.4, 0.5) is 0 Å². The lowest BCUT2D eigenvalue weighted by molar-refractivity contribution is 0.0442. The van der Waals surface area contributed by atoms with Gasteiger partial charge in [0.1, 0.15) is 0 Å². The molecule has 0 aliphatic heterocycles. The first-order valence-electron chi connectivity index (χ1n) is 7.65. The molecule has 4 nitrogen and oxygen atoms in total. The lowest BCUT2D eigenvalue weighted by Crippen LogP contribution is -2.13. The highest BCUT2D eigenvalue weighted by Gasteiger charge is 2.18. The number of esters is 2. The summed E-state index contributed by atoms with van der Waals surface area (Å²) in [5, 5.41) is 0. The van der Waals surface area contributed by atoms with Gasteiger partial charge in [-0.3, -0.25) is 0 Å². The van der Waals surface area contributed by atoms with Crippen molar-refractivity contribution in [3.63, 3.8) is 0 Å². The molecular formula is C17H22O4. The first kappa shape index (κ1) is 15.5. The molecule has 1 fully saturated rings. The molecular weight excluding hydrogens is 268 g/mol. The zero-order valence-electron chi connectivity index (χ0n) is 12.5. The minimum atomic E-state index is -0.401. The largest absolute Gasteiger partial charge is 0.462 e. The summed E-state index contributed by atoms with van der Waals surface area (Å²) in [5.41, 5.74) is 0.790. The van der Waals surface area contributed by atoms with Gasteiger partial charge in [0.15, 0.2) is 0 Å². The molecule has 0 radical (unpaired) electrons. The summed E-state index contributed by atoms with van der Waals surface area (Å²) in [6.07, 6.45) is 5.49. The van der Waals surface area contributed by atoms with Crippen molar-refractivity contribution >= 4 is 11.9 Å². The first-order chi connectivity index (χ1) is 10.2. The fourth-order valence-corrected chi connectivity index (χ4v) is 2.51. The van der Waals surface area contributed by atoms with Crippen LogP contribution >= 0.6 is 0 Å². The third-order valence-electron chi connectivity index (χ3n) is 3.70. The summed E-state index contributed by atoms with van der Waals surface area (Å²) < 4.78 is 10.4. The normalized spacial score (nSPS) is 14.9. The Morgan fingerprint density at radius 3 is 2.33 bits per heavy atom. The summed E-state index contributed by atoms with van der Waals surface area (Å²) in [7, 11) is 0. The maximum atomic E-state index is 12.0. The average Bonchev–Trinajstić information content (AvgIpc) is 3.03. The molecule has 0 spiro atoms. The van der Waals surface area contributed by atoms with E-state index in [0.717, 1.165) is 19.3 Å². The molecule has 1 aliphatic rings. The monoisotopic (exact) mass is 290 g/mol. The number of benzene rings is 1. The van der Waals surface area contributed by atoms with Crippen LogP contribution in [0, 0.1) is 5.92 Å². The van der Waals surface area contributed by atoms with Gasteiger partial charge in [-0.1, -0.05) is 25.8 Å². The van der Waals surface area contributed by atoms with Gasteiger partial charge in [-0.25, -0.2) is 9.59 Å². The van der Waals surface area contributed by atoms with E-state index in [2.05, 4.69) is 0 Å². The number of carbonyl (C=O) groups excluding carboxylic acids is 2. The Bertz CT molecular complexity index is 489. The van der Waals surface area contributed by atoms with Crippen LogP contribution in [0.25, 0.3) is 0 Å². The van der Waals surface area contributed by atoms with Gasteiger partial charge in [0.05, 0.1) is 24.3 Å². The van der Waals surface area contributed by atoms with Gasteiger partial charge in [-0.2, -0.15) is 0 Å². The summed E-state index contributed by atoms with van der Waals surface area (Å²) in [4.78, 5) is 23.8. The topological polar surface area (TPSA) is 52.6 Å². The Hall–Kier alpha value is -1.84. The van der Waals surface area contributed by atoms with E-state index >= 15 is 0 Å². The quantitative estimate of drug-likeness (QED) is 0.751. The molecule has 1 aromatic carbocycles. The van der Waals surface area contributed by atoms with Crippen LogP contribution in [0.15, 0.2) is 24.3 Å². The smallest absolute Gasteiger partial charge is 0.338 e. The van der Waals surface area contributed by atoms with Crippen molar-refractivity contribution in [2.75, 3.05) is 13.2 Å². The minimum absolute atomic E-state index is 0.368. The molecule has 21 heavy (non-hydrogen) atoms. The van der Waals surface area contributed by atoms with E-state index in [4.69, 9.17) is 9.47 Å². The standard InChI is InChI=1S/C17H22O4/c1-2-10-20-16(18)14-8-5-9-15(11-14)17(19)21-12-13-6-3-4-7-13/h5,8-9,11,13H,2-4,6-7,10,12H2,1H3. The second-order valence-corrected chi connectivity index (χ2v) is 5.47. The number of ether oxygens (including phenoxy) is 2. The van der Waals surface area contributed by atoms with Gasteiger partial charge in [-0.15, -0.1) is 0 Å². The van der Waals surface area contributed by atoms with Crippen molar-refractivity contribution in [2.24, 2.45) is 5.92 Å². The van der Waals surface area contributed by atoms with E-state index in [0.29, 0.717) is 30.3 Å². The Morgan fingerprint density at radius 1 is 1.10 bits per heavy atom. The summed E-state index contributed by atoms with van der Waals surface area (Å²) in [6.45, 7) is 2.79. The number of hydrogen-bond donors (Lipinski definition) is 0. The van der Waals surface area contributed by atoms with Gasteiger partial charge < -0.3 is 9.47 Å². The van der Waals surface area contributed by atoms with Crippen LogP contribution in [-0.2, 0) is 9.47 Å². The lowest BCUT2D eigenvalue weighted by Gasteiger charge is -2.10. The molecule has 0 amide bonds. The zero-order valence-corrected chi connectivity index (χ0v) is 12.5. The molecule has 0 unspecified atom stereocenters. The Kier molecular flexibility index (Phi) is 5.78. The van der Waals surface area contributed by atoms with Crippen LogP contribution in [0.1, 0.15) is 59.7 Å². The van der Waals surface area contributed by atoms with Crippen LogP contribution in [0.2, 0.25) is 0 Å². The van der Waals surface area contributed by atoms with Crippen molar-refractivity contribution in [3.8, 4) is 0 Å². The Balaban J connectivity index is 1.92. The lowest BCUT2D eigenvalue weighted by atomic mass is 10.1. The van der Waals surface area contributed by atoms with E-state index in [1.807, 2.05) is 6.92 Å². The SMILES string of the molecule is CCCOC(=O)c1cccc(C(=O)OCC2CCCC2)c1. The molecule has 2 rings (SSSR count). The number of rotatable bonds is 6. The molecule has 1 saturated carbocycles. The van der Waals surface area contributed by atoms with E-state index in [9.17, 15) is 9.59 Å². The number of carbonyl (C=O) groups is 2. The molecule has 1 aliphatic carbocycles. The van der Waals surface area contributed by atoms with Crippen molar-refractivity contribution < 1.29 is 19.1 Å². The van der Waals surface area contributed by atoms with Gasteiger partial charge >= 0.3 is 11.9 Å². The van der Waals surface area contributed by atoms with Gasteiger partial charge in [0, 0.05) is 0 Å². The van der Waals surface area contributed by atoms with Crippen LogP contribution in [-0.4, -0.2) is 25.2 Å². The van der Waals surface area contributed by atoms with E-state index in [-0.39, 0.29) is 5.97 Å².